The molecule has 0 aromatic heterocycles. The molecule has 1 aliphatic rings. The Morgan fingerprint density at radius 1 is 1.33 bits per heavy atom. The normalized spacial score (nSPS) is 17.1. The minimum atomic E-state index is 0.193. The molecule has 0 saturated carbocycles. The van der Waals surface area contributed by atoms with E-state index >= 15 is 0 Å². The van der Waals surface area contributed by atoms with E-state index in [1.807, 2.05) is 26.0 Å². The molecule has 1 aliphatic heterocycles. The molecule has 0 amide bonds. The number of nitrogens with zero attached hydrogens (tertiary/aromatic N) is 1. The Kier molecular flexibility index (Phi) is 4.87. The lowest BCUT2D eigenvalue weighted by Crippen LogP contribution is -2.42. The average molecular weight is 269 g/mol. The number of hydrogen-bond donors (Lipinski definition) is 1. The first-order valence-corrected chi connectivity index (χ1v) is 6.91. The number of hydrogen-bond acceptors (Lipinski definition) is 3. The fraction of sp³-hybridized carbons (Fsp3) is 0.571. The molecule has 1 saturated heterocycles. The van der Waals surface area contributed by atoms with Gasteiger partial charge < -0.3 is 10.1 Å². The highest BCUT2D eigenvalue weighted by Crippen LogP contribution is 2.24. The van der Waals surface area contributed by atoms with E-state index in [0.29, 0.717) is 0 Å². The third kappa shape index (κ3) is 3.87. The summed E-state index contributed by atoms with van der Waals surface area (Å²) in [6, 6.07) is 5.92. The Bertz CT molecular complexity index is 389. The summed E-state index contributed by atoms with van der Waals surface area (Å²) in [5.41, 5.74) is 1.15. The molecule has 4 heteroatoms. The smallest absolute Gasteiger partial charge is 0.120 e. The minimum absolute atomic E-state index is 0.193. The maximum absolute atomic E-state index is 6.25. The summed E-state index contributed by atoms with van der Waals surface area (Å²) in [4.78, 5) is 2.41. The van der Waals surface area contributed by atoms with Crippen LogP contribution in [0.15, 0.2) is 18.2 Å². The van der Waals surface area contributed by atoms with Gasteiger partial charge >= 0.3 is 0 Å². The van der Waals surface area contributed by atoms with Crippen molar-refractivity contribution in [1.29, 1.82) is 0 Å². The molecular formula is C14H21ClN2O. The van der Waals surface area contributed by atoms with Gasteiger partial charge in [0.15, 0.2) is 0 Å². The SMILES string of the molecule is CC(C)Oc1ccc(Cl)c(CN2CCNCC2)c1. The monoisotopic (exact) mass is 268 g/mol. The number of rotatable bonds is 4. The van der Waals surface area contributed by atoms with Crippen LogP contribution in [-0.2, 0) is 6.54 Å². The van der Waals surface area contributed by atoms with Gasteiger partial charge in [0.05, 0.1) is 6.10 Å². The van der Waals surface area contributed by atoms with Crippen LogP contribution in [0, 0.1) is 0 Å². The van der Waals surface area contributed by atoms with Crippen LogP contribution in [0.1, 0.15) is 19.4 Å². The van der Waals surface area contributed by atoms with Crippen LogP contribution in [0.3, 0.4) is 0 Å². The van der Waals surface area contributed by atoms with Gasteiger partial charge in [-0.25, -0.2) is 0 Å². The number of nitrogens with one attached hydrogen (secondary N) is 1. The highest BCUT2D eigenvalue weighted by atomic mass is 35.5. The lowest BCUT2D eigenvalue weighted by molar-refractivity contribution is 0.229. The van der Waals surface area contributed by atoms with Crippen molar-refractivity contribution < 1.29 is 4.74 Å². The second-order valence-corrected chi connectivity index (χ2v) is 5.35. The molecule has 1 N–H and O–H groups in total. The summed E-state index contributed by atoms with van der Waals surface area (Å²) < 4.78 is 5.71. The molecule has 100 valence electrons. The quantitative estimate of drug-likeness (QED) is 0.908. The molecule has 0 spiro atoms. The first kappa shape index (κ1) is 13.7. The molecule has 1 heterocycles. The largest absolute Gasteiger partial charge is 0.491 e. The second kappa shape index (κ2) is 6.41. The Morgan fingerprint density at radius 3 is 2.72 bits per heavy atom. The zero-order valence-corrected chi connectivity index (χ0v) is 11.8. The number of benzene rings is 1. The maximum Gasteiger partial charge on any atom is 0.120 e. The maximum atomic E-state index is 6.25. The lowest BCUT2D eigenvalue weighted by Gasteiger charge is -2.27. The molecule has 2 rings (SSSR count). The highest BCUT2D eigenvalue weighted by molar-refractivity contribution is 6.31. The summed E-state index contributed by atoms with van der Waals surface area (Å²) in [6.07, 6.45) is 0.193. The van der Waals surface area contributed by atoms with E-state index in [1.165, 1.54) is 0 Å². The van der Waals surface area contributed by atoms with Crippen molar-refractivity contribution in [1.82, 2.24) is 10.2 Å². The summed E-state index contributed by atoms with van der Waals surface area (Å²) in [7, 11) is 0. The van der Waals surface area contributed by atoms with E-state index in [9.17, 15) is 0 Å². The Balaban J connectivity index is 2.05. The van der Waals surface area contributed by atoms with E-state index < -0.39 is 0 Å². The van der Waals surface area contributed by atoms with Crippen LogP contribution in [0.2, 0.25) is 5.02 Å². The fourth-order valence-electron chi connectivity index (χ4n) is 2.13. The first-order chi connectivity index (χ1) is 8.65. The van der Waals surface area contributed by atoms with Crippen LogP contribution in [0.5, 0.6) is 5.75 Å². The number of piperazine rings is 1. The molecule has 3 nitrogen and oxygen atoms in total. The van der Waals surface area contributed by atoms with Crippen LogP contribution >= 0.6 is 11.6 Å². The van der Waals surface area contributed by atoms with Crippen molar-refractivity contribution in [2.75, 3.05) is 26.2 Å². The van der Waals surface area contributed by atoms with Gasteiger partial charge in [-0.3, -0.25) is 4.90 Å². The standard InChI is InChI=1S/C14H21ClN2O/c1-11(2)18-13-3-4-14(15)12(9-13)10-17-7-5-16-6-8-17/h3-4,9,11,16H,5-8,10H2,1-2H3. The van der Waals surface area contributed by atoms with Gasteiger partial charge in [-0.05, 0) is 37.6 Å². The fourth-order valence-corrected chi connectivity index (χ4v) is 2.31. The molecule has 0 aliphatic carbocycles. The van der Waals surface area contributed by atoms with E-state index in [-0.39, 0.29) is 6.10 Å². The van der Waals surface area contributed by atoms with Gasteiger partial charge in [-0.15, -0.1) is 0 Å². The van der Waals surface area contributed by atoms with Gasteiger partial charge in [0.25, 0.3) is 0 Å². The number of halogens is 1. The van der Waals surface area contributed by atoms with Gasteiger partial charge in [-0.1, -0.05) is 11.6 Å². The first-order valence-electron chi connectivity index (χ1n) is 6.53. The van der Waals surface area contributed by atoms with E-state index in [0.717, 1.165) is 49.1 Å². The molecular weight excluding hydrogens is 248 g/mol. The van der Waals surface area contributed by atoms with Crippen molar-refractivity contribution in [3.63, 3.8) is 0 Å². The zero-order chi connectivity index (χ0) is 13.0. The molecule has 1 aromatic carbocycles. The van der Waals surface area contributed by atoms with Crippen LogP contribution in [0.25, 0.3) is 0 Å². The summed E-state index contributed by atoms with van der Waals surface area (Å²) >= 11 is 6.25. The third-order valence-electron chi connectivity index (χ3n) is 2.99. The predicted molar refractivity (Wildman–Crippen MR) is 75.4 cm³/mol. The molecule has 1 fully saturated rings. The van der Waals surface area contributed by atoms with E-state index in [2.05, 4.69) is 16.3 Å². The number of ether oxygens (including phenoxy) is 1. The van der Waals surface area contributed by atoms with Gasteiger partial charge in [0.2, 0.25) is 0 Å². The van der Waals surface area contributed by atoms with Crippen molar-refractivity contribution in [3.8, 4) is 5.75 Å². The Labute approximate surface area is 114 Å². The van der Waals surface area contributed by atoms with Crippen molar-refractivity contribution in [3.05, 3.63) is 28.8 Å². The predicted octanol–water partition coefficient (Wildman–Crippen LogP) is 2.53. The van der Waals surface area contributed by atoms with E-state index in [1.54, 1.807) is 0 Å². The molecule has 0 radical (unpaired) electrons. The molecule has 0 atom stereocenters. The lowest BCUT2D eigenvalue weighted by atomic mass is 10.2. The summed E-state index contributed by atoms with van der Waals surface area (Å²) in [5.74, 6) is 0.902. The summed E-state index contributed by atoms with van der Waals surface area (Å²) in [6.45, 7) is 9.22. The van der Waals surface area contributed by atoms with E-state index in [4.69, 9.17) is 16.3 Å². The molecule has 0 unspecified atom stereocenters. The zero-order valence-electron chi connectivity index (χ0n) is 11.1. The molecule has 1 aromatic rings. The summed E-state index contributed by atoms with van der Waals surface area (Å²) in [5, 5.41) is 4.18. The molecule has 18 heavy (non-hydrogen) atoms. The van der Waals surface area contributed by atoms with Gasteiger partial charge in [-0.2, -0.15) is 0 Å². The average Bonchev–Trinajstić information content (AvgIpc) is 2.34. The van der Waals surface area contributed by atoms with Crippen molar-refractivity contribution >= 4 is 11.6 Å². The highest BCUT2D eigenvalue weighted by Gasteiger charge is 2.12. The minimum Gasteiger partial charge on any atom is -0.491 e. The Hall–Kier alpha value is -0.770. The van der Waals surface area contributed by atoms with Gasteiger partial charge in [0.1, 0.15) is 5.75 Å². The topological polar surface area (TPSA) is 24.5 Å². The molecule has 0 bridgehead atoms. The van der Waals surface area contributed by atoms with Crippen LogP contribution in [-0.4, -0.2) is 37.2 Å². The van der Waals surface area contributed by atoms with Crippen LogP contribution < -0.4 is 10.1 Å². The second-order valence-electron chi connectivity index (χ2n) is 4.95. The third-order valence-corrected chi connectivity index (χ3v) is 3.36. The Morgan fingerprint density at radius 2 is 2.06 bits per heavy atom. The van der Waals surface area contributed by atoms with Crippen LogP contribution in [0.4, 0.5) is 0 Å². The van der Waals surface area contributed by atoms with Crippen molar-refractivity contribution in [2.45, 2.75) is 26.5 Å². The van der Waals surface area contributed by atoms with Crippen molar-refractivity contribution in [2.24, 2.45) is 0 Å². The van der Waals surface area contributed by atoms with Gasteiger partial charge in [0, 0.05) is 37.7 Å².